The fourth-order valence-electron chi connectivity index (χ4n) is 4.12. The van der Waals surface area contributed by atoms with Crippen LogP contribution in [0.1, 0.15) is 49.0 Å². The van der Waals surface area contributed by atoms with Gasteiger partial charge in [-0.2, -0.15) is 0 Å². The lowest BCUT2D eigenvalue weighted by atomic mass is 10.1. The molecule has 1 atom stereocenters. The third-order valence-corrected chi connectivity index (χ3v) is 7.11. The van der Waals surface area contributed by atoms with Gasteiger partial charge < -0.3 is 4.90 Å². The predicted octanol–water partition coefficient (Wildman–Crippen LogP) is 5.27. The van der Waals surface area contributed by atoms with Crippen molar-refractivity contribution in [3.8, 4) is 11.4 Å². The van der Waals surface area contributed by atoms with Gasteiger partial charge in [-0.3, -0.25) is 9.36 Å². The molecular formula is C24H25FN4OS. The molecule has 0 bridgehead atoms. The summed E-state index contributed by atoms with van der Waals surface area (Å²) in [6.07, 6.45) is 5.31. The molecule has 1 aliphatic heterocycles. The molecule has 5 nitrogen and oxygen atoms in total. The number of hydrogen-bond donors (Lipinski definition) is 0. The van der Waals surface area contributed by atoms with Gasteiger partial charge in [0, 0.05) is 19.1 Å². The van der Waals surface area contributed by atoms with Crippen molar-refractivity contribution in [3.05, 3.63) is 66.0 Å². The summed E-state index contributed by atoms with van der Waals surface area (Å²) in [5.74, 6) is 0.353. The lowest BCUT2D eigenvalue weighted by molar-refractivity contribution is -0.131. The van der Waals surface area contributed by atoms with E-state index in [1.807, 2.05) is 45.9 Å². The molecule has 2 heterocycles. The summed E-state index contributed by atoms with van der Waals surface area (Å²) in [6, 6.07) is 16.8. The molecule has 5 rings (SSSR count). The summed E-state index contributed by atoms with van der Waals surface area (Å²) in [6.45, 7) is 1.61. The van der Waals surface area contributed by atoms with E-state index in [-0.39, 0.29) is 17.8 Å². The van der Waals surface area contributed by atoms with Crippen molar-refractivity contribution in [2.24, 2.45) is 0 Å². The Hall–Kier alpha value is -2.67. The summed E-state index contributed by atoms with van der Waals surface area (Å²) in [7, 11) is 0. The highest BCUT2D eigenvalue weighted by atomic mass is 32.2. The van der Waals surface area contributed by atoms with Gasteiger partial charge in [0.15, 0.2) is 11.0 Å². The molecule has 1 saturated heterocycles. The van der Waals surface area contributed by atoms with Crippen LogP contribution in [0.15, 0.2) is 59.8 Å². The average molecular weight is 437 g/mol. The van der Waals surface area contributed by atoms with Gasteiger partial charge >= 0.3 is 0 Å². The normalized spacial score (nSPS) is 17.5. The van der Waals surface area contributed by atoms with Crippen molar-refractivity contribution in [2.75, 3.05) is 13.1 Å². The highest BCUT2D eigenvalue weighted by Crippen LogP contribution is 2.45. The smallest absolute Gasteiger partial charge is 0.240 e. The number of hydrogen-bond acceptors (Lipinski definition) is 4. The Morgan fingerprint density at radius 1 is 0.968 bits per heavy atom. The zero-order valence-corrected chi connectivity index (χ0v) is 18.1. The Morgan fingerprint density at radius 3 is 2.39 bits per heavy atom. The van der Waals surface area contributed by atoms with E-state index in [2.05, 4.69) is 10.2 Å². The first-order valence-corrected chi connectivity index (χ1v) is 11.8. The lowest BCUT2D eigenvalue weighted by Gasteiger charge is -2.30. The van der Waals surface area contributed by atoms with E-state index in [1.165, 1.54) is 24.2 Å². The monoisotopic (exact) mass is 436 g/mol. The SMILES string of the molecule is O=C([C@@H](Sc1nnc(-c2ccccc2F)n1C1CC1)c1ccccc1)N1CCCCC1. The minimum Gasteiger partial charge on any atom is -0.341 e. The van der Waals surface area contributed by atoms with Crippen LogP contribution in [0.2, 0.25) is 0 Å². The van der Waals surface area contributed by atoms with Gasteiger partial charge in [0.05, 0.1) is 5.56 Å². The zero-order chi connectivity index (χ0) is 21.2. The number of carbonyl (C=O) groups excluding carboxylic acids is 1. The van der Waals surface area contributed by atoms with Crippen molar-refractivity contribution in [1.29, 1.82) is 0 Å². The fourth-order valence-corrected chi connectivity index (χ4v) is 5.31. The van der Waals surface area contributed by atoms with Crippen molar-refractivity contribution in [2.45, 2.75) is 48.6 Å². The van der Waals surface area contributed by atoms with Gasteiger partial charge in [-0.15, -0.1) is 10.2 Å². The number of halogens is 1. The molecule has 0 N–H and O–H groups in total. The zero-order valence-electron chi connectivity index (χ0n) is 17.3. The number of benzene rings is 2. The minimum absolute atomic E-state index is 0.119. The third-order valence-electron chi connectivity index (χ3n) is 5.91. The number of piperidine rings is 1. The summed E-state index contributed by atoms with van der Waals surface area (Å²) in [5, 5.41) is 9.07. The summed E-state index contributed by atoms with van der Waals surface area (Å²) in [4.78, 5) is 15.5. The molecule has 3 aromatic rings. The van der Waals surface area contributed by atoms with Crippen LogP contribution in [0.25, 0.3) is 11.4 Å². The van der Waals surface area contributed by atoms with Crippen LogP contribution in [-0.2, 0) is 4.79 Å². The number of likely N-dealkylation sites (tertiary alicyclic amines) is 1. The molecule has 1 saturated carbocycles. The van der Waals surface area contributed by atoms with E-state index in [9.17, 15) is 9.18 Å². The Kier molecular flexibility index (Phi) is 5.76. The minimum atomic E-state index is -0.394. The van der Waals surface area contributed by atoms with Crippen LogP contribution < -0.4 is 0 Å². The van der Waals surface area contributed by atoms with Crippen LogP contribution >= 0.6 is 11.8 Å². The number of nitrogens with zero attached hydrogens (tertiary/aromatic N) is 4. The molecule has 0 radical (unpaired) electrons. The molecule has 31 heavy (non-hydrogen) atoms. The van der Waals surface area contributed by atoms with E-state index in [0.29, 0.717) is 16.5 Å². The highest BCUT2D eigenvalue weighted by molar-refractivity contribution is 8.00. The van der Waals surface area contributed by atoms with E-state index in [4.69, 9.17) is 0 Å². The van der Waals surface area contributed by atoms with Crippen LogP contribution in [0.3, 0.4) is 0 Å². The second-order valence-corrected chi connectivity index (χ2v) is 9.25. The second-order valence-electron chi connectivity index (χ2n) is 8.18. The second kappa shape index (κ2) is 8.83. The molecule has 0 spiro atoms. The van der Waals surface area contributed by atoms with Crippen molar-refractivity contribution in [3.63, 3.8) is 0 Å². The number of aromatic nitrogens is 3. The molecule has 1 aromatic heterocycles. The van der Waals surface area contributed by atoms with Gasteiger partial charge in [-0.1, -0.05) is 54.2 Å². The van der Waals surface area contributed by atoms with Crippen molar-refractivity contribution < 1.29 is 9.18 Å². The van der Waals surface area contributed by atoms with E-state index in [1.54, 1.807) is 12.1 Å². The van der Waals surface area contributed by atoms with Crippen LogP contribution in [0, 0.1) is 5.82 Å². The number of rotatable bonds is 6. The van der Waals surface area contributed by atoms with Gasteiger partial charge in [0.2, 0.25) is 5.91 Å². The summed E-state index contributed by atoms with van der Waals surface area (Å²) in [5.41, 5.74) is 1.41. The number of amides is 1. The molecule has 2 aliphatic rings. The molecule has 7 heteroatoms. The van der Waals surface area contributed by atoms with Gasteiger partial charge in [0.25, 0.3) is 0 Å². The number of thioether (sulfide) groups is 1. The quantitative estimate of drug-likeness (QED) is 0.494. The molecule has 160 valence electrons. The van der Waals surface area contributed by atoms with Crippen LogP contribution in [-0.4, -0.2) is 38.7 Å². The Morgan fingerprint density at radius 2 is 1.68 bits per heavy atom. The lowest BCUT2D eigenvalue weighted by Crippen LogP contribution is -2.38. The van der Waals surface area contributed by atoms with Gasteiger partial charge in [0.1, 0.15) is 11.1 Å². The average Bonchev–Trinajstić information content (AvgIpc) is 3.58. The fraction of sp³-hybridized carbons (Fsp3) is 0.375. The maximum atomic E-state index is 14.5. The molecule has 1 aliphatic carbocycles. The maximum absolute atomic E-state index is 14.5. The Balaban J connectivity index is 1.51. The summed E-state index contributed by atoms with van der Waals surface area (Å²) < 4.78 is 16.5. The third kappa shape index (κ3) is 4.24. The topological polar surface area (TPSA) is 51.0 Å². The first kappa shape index (κ1) is 20.2. The summed E-state index contributed by atoms with van der Waals surface area (Å²) >= 11 is 1.44. The standard InChI is InChI=1S/C24H25FN4OS/c25-20-12-6-5-11-19(20)22-26-27-24(29(22)18-13-14-18)31-21(17-9-3-1-4-10-17)23(30)28-15-7-2-8-16-28/h1,3-6,9-12,18,21H,2,7-8,13-16H2/t21-/m0/s1. The van der Waals surface area contributed by atoms with E-state index in [0.717, 1.165) is 44.3 Å². The number of carbonyl (C=O) groups is 1. The van der Waals surface area contributed by atoms with E-state index >= 15 is 0 Å². The van der Waals surface area contributed by atoms with Crippen molar-refractivity contribution in [1.82, 2.24) is 19.7 Å². The maximum Gasteiger partial charge on any atom is 0.240 e. The molecule has 2 aromatic carbocycles. The van der Waals surface area contributed by atoms with Crippen LogP contribution in [0.4, 0.5) is 4.39 Å². The molecule has 2 fully saturated rings. The van der Waals surface area contributed by atoms with E-state index < -0.39 is 5.25 Å². The Bertz CT molecular complexity index is 1060. The highest BCUT2D eigenvalue weighted by Gasteiger charge is 2.34. The Labute approximate surface area is 185 Å². The van der Waals surface area contributed by atoms with Crippen LogP contribution in [0.5, 0.6) is 0 Å². The van der Waals surface area contributed by atoms with Gasteiger partial charge in [-0.25, -0.2) is 4.39 Å². The van der Waals surface area contributed by atoms with Crippen molar-refractivity contribution >= 4 is 17.7 Å². The molecule has 0 unspecified atom stereocenters. The molecular weight excluding hydrogens is 411 g/mol. The first-order valence-electron chi connectivity index (χ1n) is 10.9. The largest absolute Gasteiger partial charge is 0.341 e. The van der Waals surface area contributed by atoms with Gasteiger partial charge in [-0.05, 0) is 49.8 Å². The first-order chi connectivity index (χ1) is 15.2. The predicted molar refractivity (Wildman–Crippen MR) is 119 cm³/mol. The molecule has 1 amide bonds.